The number of rotatable bonds is 8. The summed E-state index contributed by atoms with van der Waals surface area (Å²) in [5, 5.41) is 11.7. The minimum absolute atomic E-state index is 0.228. The van der Waals surface area contributed by atoms with Gasteiger partial charge in [-0.25, -0.2) is 0 Å². The van der Waals surface area contributed by atoms with Crippen molar-refractivity contribution in [3.8, 4) is 0 Å². The highest BCUT2D eigenvalue weighted by Gasteiger charge is 2.03. The van der Waals surface area contributed by atoms with Gasteiger partial charge in [-0.1, -0.05) is 24.3 Å². The average Bonchev–Trinajstić information content (AvgIpc) is 2.94. The molecule has 0 saturated heterocycles. The Hall–Kier alpha value is -4.98. The first-order valence-corrected chi connectivity index (χ1v) is 12.0. The van der Waals surface area contributed by atoms with Crippen LogP contribution < -0.4 is 21.3 Å². The number of carbonyl (C=O) groups is 2. The smallest absolute Gasteiger partial charge is 0.248 e. The molecule has 3 aromatic carbocycles. The van der Waals surface area contributed by atoms with Crippen LogP contribution in [0.15, 0.2) is 94.9 Å². The molecule has 0 aliphatic rings. The Morgan fingerprint density at radius 3 is 1.21 bits per heavy atom. The van der Waals surface area contributed by atoms with Crippen LogP contribution in [0.25, 0.3) is 12.2 Å². The number of amides is 2. The largest absolute Gasteiger partial charge is 0.373 e. The highest BCUT2D eigenvalue weighted by atomic mass is 16.2. The minimum Gasteiger partial charge on any atom is -0.373 e. The van der Waals surface area contributed by atoms with Gasteiger partial charge < -0.3 is 21.3 Å². The molecule has 3 rings (SSSR count). The molecule has 0 heterocycles. The Kier molecular flexibility index (Phi) is 10.1. The normalized spacial score (nSPS) is 12.0. The van der Waals surface area contributed by atoms with Gasteiger partial charge in [0.15, 0.2) is 0 Å². The molecule has 0 aliphatic heterocycles. The van der Waals surface area contributed by atoms with Crippen LogP contribution in [-0.2, 0) is 9.59 Å². The molecule has 4 N–H and O–H groups in total. The second-order valence-electron chi connectivity index (χ2n) is 8.11. The van der Waals surface area contributed by atoms with Crippen molar-refractivity contribution in [2.24, 2.45) is 9.98 Å². The molecule has 0 unspecified atom stereocenters. The first-order chi connectivity index (χ1) is 18.4. The molecule has 2 amide bonds. The monoisotopic (exact) mass is 508 g/mol. The third-order valence-corrected chi connectivity index (χ3v) is 5.56. The number of hydrogen-bond acceptors (Lipinski definition) is 4. The molecular weight excluding hydrogens is 476 g/mol. The van der Waals surface area contributed by atoms with E-state index < -0.39 is 0 Å². The summed E-state index contributed by atoms with van der Waals surface area (Å²) in [7, 11) is 7.06. The maximum atomic E-state index is 12.3. The van der Waals surface area contributed by atoms with Gasteiger partial charge in [0.05, 0.1) is 0 Å². The third kappa shape index (κ3) is 8.03. The lowest BCUT2D eigenvalue weighted by molar-refractivity contribution is -0.112. The Labute approximate surface area is 223 Å². The van der Waals surface area contributed by atoms with E-state index in [0.717, 1.165) is 33.9 Å². The van der Waals surface area contributed by atoms with Gasteiger partial charge in [0.2, 0.25) is 11.8 Å². The van der Waals surface area contributed by atoms with E-state index in [0.29, 0.717) is 11.4 Å². The predicted molar refractivity (Wildman–Crippen MR) is 158 cm³/mol. The van der Waals surface area contributed by atoms with E-state index in [1.807, 2.05) is 86.9 Å². The number of nitrogens with zero attached hydrogens (tertiary/aromatic N) is 2. The number of hydrogen-bond donors (Lipinski definition) is 4. The quantitative estimate of drug-likeness (QED) is 0.208. The highest BCUT2D eigenvalue weighted by Crippen LogP contribution is 2.13. The molecule has 8 nitrogen and oxygen atoms in total. The molecule has 0 radical (unpaired) electrons. The maximum absolute atomic E-state index is 12.3. The fourth-order valence-electron chi connectivity index (χ4n) is 3.62. The molecule has 0 atom stereocenters. The van der Waals surface area contributed by atoms with Crippen molar-refractivity contribution in [2.75, 3.05) is 38.8 Å². The average molecular weight is 509 g/mol. The summed E-state index contributed by atoms with van der Waals surface area (Å²) in [4.78, 5) is 32.9. The third-order valence-electron chi connectivity index (χ3n) is 5.56. The van der Waals surface area contributed by atoms with E-state index in [2.05, 4.69) is 31.3 Å². The number of carbonyl (C=O) groups excluding carboxylic acids is 2. The number of anilines is 2. The molecule has 38 heavy (non-hydrogen) atoms. The summed E-state index contributed by atoms with van der Waals surface area (Å²) < 4.78 is 0. The van der Waals surface area contributed by atoms with Crippen LogP contribution in [0.2, 0.25) is 0 Å². The number of nitrogens with one attached hydrogen (secondary N) is 4. The molecule has 0 aliphatic carbocycles. The first kappa shape index (κ1) is 27.6. The first-order valence-electron chi connectivity index (χ1n) is 12.0. The van der Waals surface area contributed by atoms with Crippen molar-refractivity contribution in [3.05, 3.63) is 107 Å². The van der Waals surface area contributed by atoms with E-state index in [1.165, 1.54) is 12.2 Å². The van der Waals surface area contributed by atoms with E-state index in [-0.39, 0.29) is 11.8 Å². The van der Waals surface area contributed by atoms with Crippen molar-refractivity contribution in [1.82, 2.24) is 10.6 Å². The van der Waals surface area contributed by atoms with E-state index in [4.69, 9.17) is 0 Å². The molecular formula is C30H32N6O2. The lowest BCUT2D eigenvalue weighted by Gasteiger charge is -2.07. The summed E-state index contributed by atoms with van der Waals surface area (Å²) in [6.45, 7) is 0. The van der Waals surface area contributed by atoms with E-state index in [1.54, 1.807) is 26.2 Å². The highest BCUT2D eigenvalue weighted by molar-refractivity contribution is 6.04. The standard InChI is InChI=1S/C30H32N6O2/c1-31-29(32-2)23-11-15-25(16-12-23)35-27(37)19-9-21-5-7-22(8-6-21)10-20-28(38)36-26-17-13-24(14-18-26)30(33-3)34-4/h5-20H,1-4H3,(H,31,32)(H,33,34)(H,35,37)(H,36,38)/b19-9-,20-10+. The molecule has 0 saturated carbocycles. The van der Waals surface area contributed by atoms with Crippen molar-refractivity contribution in [3.63, 3.8) is 0 Å². The zero-order chi connectivity index (χ0) is 27.3. The topological polar surface area (TPSA) is 107 Å². The van der Waals surface area contributed by atoms with E-state index in [9.17, 15) is 9.59 Å². The van der Waals surface area contributed by atoms with Crippen LogP contribution >= 0.6 is 0 Å². The van der Waals surface area contributed by atoms with Gasteiger partial charge in [-0.2, -0.15) is 0 Å². The van der Waals surface area contributed by atoms with Gasteiger partial charge in [0.25, 0.3) is 0 Å². The van der Waals surface area contributed by atoms with Gasteiger partial charge in [-0.3, -0.25) is 19.6 Å². The van der Waals surface area contributed by atoms with Crippen LogP contribution in [0.4, 0.5) is 11.4 Å². The Morgan fingerprint density at radius 1 is 0.579 bits per heavy atom. The number of benzene rings is 3. The van der Waals surface area contributed by atoms with Gasteiger partial charge >= 0.3 is 0 Å². The van der Waals surface area contributed by atoms with Crippen LogP contribution in [0.5, 0.6) is 0 Å². The summed E-state index contributed by atoms with van der Waals surface area (Å²) in [5.41, 5.74) is 5.01. The molecule has 0 aromatic heterocycles. The summed E-state index contributed by atoms with van der Waals surface area (Å²) in [6, 6.07) is 22.4. The fourth-order valence-corrected chi connectivity index (χ4v) is 3.62. The summed E-state index contributed by atoms with van der Waals surface area (Å²) in [5.74, 6) is 1.10. The minimum atomic E-state index is -0.228. The van der Waals surface area contributed by atoms with Crippen LogP contribution in [0.1, 0.15) is 22.3 Å². The van der Waals surface area contributed by atoms with Gasteiger partial charge in [-0.15, -0.1) is 0 Å². The molecule has 3 aromatic rings. The second kappa shape index (κ2) is 13.9. The van der Waals surface area contributed by atoms with Gasteiger partial charge in [0.1, 0.15) is 11.7 Å². The Bertz CT molecular complexity index is 1250. The zero-order valence-electron chi connectivity index (χ0n) is 21.9. The molecule has 0 fully saturated rings. The summed E-state index contributed by atoms with van der Waals surface area (Å²) >= 11 is 0. The maximum Gasteiger partial charge on any atom is 0.248 e. The predicted octanol–water partition coefficient (Wildman–Crippen LogP) is 4.18. The molecule has 0 spiro atoms. The molecule has 194 valence electrons. The van der Waals surface area contributed by atoms with Crippen LogP contribution in [0, 0.1) is 0 Å². The van der Waals surface area contributed by atoms with Gasteiger partial charge in [-0.05, 0) is 71.8 Å². The molecule has 0 bridgehead atoms. The van der Waals surface area contributed by atoms with Crippen LogP contribution in [0.3, 0.4) is 0 Å². The lowest BCUT2D eigenvalue weighted by Crippen LogP contribution is -2.19. The zero-order valence-corrected chi connectivity index (χ0v) is 21.9. The Balaban J connectivity index is 1.51. The lowest BCUT2D eigenvalue weighted by atomic mass is 10.1. The fraction of sp³-hybridized carbons (Fsp3) is 0.133. The van der Waals surface area contributed by atoms with Crippen molar-refractivity contribution in [2.45, 2.75) is 0 Å². The number of aliphatic imine (C=N–C) groups is 2. The second-order valence-corrected chi connectivity index (χ2v) is 8.11. The number of amidine groups is 2. The molecule has 8 heteroatoms. The van der Waals surface area contributed by atoms with Crippen molar-refractivity contribution >= 4 is 47.0 Å². The SMILES string of the molecule is CN=C(NC)c1ccc(NC(=O)/C=C\c2ccc(/C=C/C(=O)Nc3ccc(C(=NC)NC)cc3)cc2)cc1. The van der Waals surface area contributed by atoms with Crippen molar-refractivity contribution in [1.29, 1.82) is 0 Å². The van der Waals surface area contributed by atoms with E-state index >= 15 is 0 Å². The summed E-state index contributed by atoms with van der Waals surface area (Å²) in [6.07, 6.45) is 6.43. The van der Waals surface area contributed by atoms with Crippen molar-refractivity contribution < 1.29 is 9.59 Å². The van der Waals surface area contributed by atoms with Gasteiger partial charge in [0, 0.05) is 62.8 Å². The Morgan fingerprint density at radius 2 is 0.921 bits per heavy atom. The van der Waals surface area contributed by atoms with Crippen LogP contribution in [-0.4, -0.2) is 51.7 Å².